The Balaban J connectivity index is 1.79. The van der Waals surface area contributed by atoms with Gasteiger partial charge in [-0.05, 0) is 25.1 Å². The molecule has 2 aromatic heterocycles. The van der Waals surface area contributed by atoms with Crippen LogP contribution in [0.5, 0.6) is 11.6 Å². The number of hydrogen-bond donors (Lipinski definition) is 1. The summed E-state index contributed by atoms with van der Waals surface area (Å²) in [5, 5.41) is 5.19. The van der Waals surface area contributed by atoms with Crippen LogP contribution in [0.4, 0.5) is 5.13 Å². The topological polar surface area (TPSA) is 73.3 Å². The van der Waals surface area contributed by atoms with Crippen LogP contribution >= 0.6 is 11.3 Å². The van der Waals surface area contributed by atoms with Crippen LogP contribution < -0.4 is 14.8 Å². The second kappa shape index (κ2) is 7.31. The molecule has 1 aromatic carbocycles. The van der Waals surface area contributed by atoms with Gasteiger partial charge in [0.15, 0.2) is 5.13 Å². The number of hydrogen-bond acceptors (Lipinski definition) is 6. The summed E-state index contributed by atoms with van der Waals surface area (Å²) < 4.78 is 10.4. The van der Waals surface area contributed by atoms with Crippen molar-refractivity contribution in [2.45, 2.75) is 6.92 Å². The maximum atomic E-state index is 12.3. The summed E-state index contributed by atoms with van der Waals surface area (Å²) in [6, 6.07) is 9.19. The molecule has 0 aliphatic heterocycles. The highest BCUT2D eigenvalue weighted by Crippen LogP contribution is 2.33. The van der Waals surface area contributed by atoms with Gasteiger partial charge in [-0.1, -0.05) is 11.6 Å². The van der Waals surface area contributed by atoms with Crippen LogP contribution in [0.3, 0.4) is 0 Å². The number of rotatable bonds is 5. The van der Waals surface area contributed by atoms with Crippen LogP contribution in [0.15, 0.2) is 41.9 Å². The van der Waals surface area contributed by atoms with Crippen LogP contribution in [0.25, 0.3) is 11.3 Å². The van der Waals surface area contributed by atoms with Gasteiger partial charge >= 0.3 is 0 Å². The van der Waals surface area contributed by atoms with Crippen LogP contribution in [-0.2, 0) is 0 Å². The maximum Gasteiger partial charge on any atom is 0.259 e. The first-order chi connectivity index (χ1) is 12.1. The zero-order valence-electron chi connectivity index (χ0n) is 14.1. The molecule has 0 aliphatic carbocycles. The molecule has 1 N–H and O–H groups in total. The molecule has 0 saturated carbocycles. The molecule has 25 heavy (non-hydrogen) atoms. The second-order valence-corrected chi connectivity index (χ2v) is 6.14. The smallest absolute Gasteiger partial charge is 0.259 e. The Morgan fingerprint density at radius 1 is 1.16 bits per heavy atom. The van der Waals surface area contributed by atoms with Crippen molar-refractivity contribution in [3.63, 3.8) is 0 Å². The predicted octanol–water partition coefficient (Wildman–Crippen LogP) is 3.78. The van der Waals surface area contributed by atoms with Gasteiger partial charge in [0.1, 0.15) is 5.75 Å². The van der Waals surface area contributed by atoms with Crippen LogP contribution in [0.2, 0.25) is 0 Å². The van der Waals surface area contributed by atoms with Crippen molar-refractivity contribution in [2.24, 2.45) is 0 Å². The molecule has 0 atom stereocenters. The SMILES string of the molecule is COc1ccc(C(=O)Nc2nc(-c3cc(C)ccc3OC)cs2)cn1. The zero-order chi connectivity index (χ0) is 17.8. The van der Waals surface area contributed by atoms with E-state index in [1.165, 1.54) is 24.6 Å². The standard InChI is InChI=1S/C18H17N3O3S/c1-11-4-6-15(23-2)13(8-11)14-10-25-18(20-14)21-17(22)12-5-7-16(24-3)19-9-12/h4-10H,1-3H3,(H,20,21,22). The minimum atomic E-state index is -0.271. The Kier molecular flexibility index (Phi) is 4.95. The lowest BCUT2D eigenvalue weighted by molar-refractivity contribution is 0.102. The van der Waals surface area contributed by atoms with E-state index in [2.05, 4.69) is 15.3 Å². The van der Waals surface area contributed by atoms with E-state index in [0.29, 0.717) is 16.6 Å². The largest absolute Gasteiger partial charge is 0.496 e. The van der Waals surface area contributed by atoms with Gasteiger partial charge in [-0.2, -0.15) is 0 Å². The normalized spacial score (nSPS) is 10.4. The van der Waals surface area contributed by atoms with E-state index in [0.717, 1.165) is 22.6 Å². The lowest BCUT2D eigenvalue weighted by Crippen LogP contribution is -2.12. The number of aryl methyl sites for hydroxylation is 1. The van der Waals surface area contributed by atoms with Crippen LogP contribution in [-0.4, -0.2) is 30.1 Å². The Bertz CT molecular complexity index is 891. The fourth-order valence-corrected chi connectivity index (χ4v) is 2.99. The van der Waals surface area contributed by atoms with Gasteiger partial charge in [-0.3, -0.25) is 10.1 Å². The summed E-state index contributed by atoms with van der Waals surface area (Å²) in [6.45, 7) is 2.01. The summed E-state index contributed by atoms with van der Waals surface area (Å²) in [7, 11) is 3.15. The molecule has 0 unspecified atom stereocenters. The summed E-state index contributed by atoms with van der Waals surface area (Å²) in [4.78, 5) is 20.8. The molecule has 0 bridgehead atoms. The number of nitrogens with one attached hydrogen (secondary N) is 1. The minimum absolute atomic E-state index is 0.271. The Hall–Kier alpha value is -2.93. The average molecular weight is 355 g/mol. The number of carbonyl (C=O) groups is 1. The maximum absolute atomic E-state index is 12.3. The molecule has 0 spiro atoms. The van der Waals surface area contributed by atoms with E-state index in [9.17, 15) is 4.79 Å². The predicted molar refractivity (Wildman–Crippen MR) is 97.6 cm³/mol. The molecule has 7 heteroatoms. The highest BCUT2D eigenvalue weighted by Gasteiger charge is 2.13. The summed E-state index contributed by atoms with van der Waals surface area (Å²) in [5.74, 6) is 0.931. The monoisotopic (exact) mass is 355 g/mol. The fraction of sp³-hybridized carbons (Fsp3) is 0.167. The molecular formula is C18H17N3O3S. The van der Waals surface area contributed by atoms with Gasteiger partial charge in [0.2, 0.25) is 5.88 Å². The molecule has 3 rings (SSSR count). The zero-order valence-corrected chi connectivity index (χ0v) is 14.9. The third kappa shape index (κ3) is 3.77. The molecule has 128 valence electrons. The number of ether oxygens (including phenoxy) is 2. The lowest BCUT2D eigenvalue weighted by Gasteiger charge is -2.07. The van der Waals surface area contributed by atoms with Gasteiger partial charge in [0.05, 0.1) is 25.5 Å². The Morgan fingerprint density at radius 3 is 2.68 bits per heavy atom. The van der Waals surface area contributed by atoms with Gasteiger partial charge in [-0.25, -0.2) is 9.97 Å². The number of anilines is 1. The van der Waals surface area contributed by atoms with Crippen LogP contribution in [0.1, 0.15) is 15.9 Å². The van der Waals surface area contributed by atoms with Crippen molar-refractivity contribution in [3.05, 3.63) is 53.0 Å². The Labute approximate surface area is 149 Å². The first-order valence-electron chi connectivity index (χ1n) is 7.52. The molecule has 2 heterocycles. The molecule has 0 radical (unpaired) electrons. The molecule has 3 aromatic rings. The number of benzene rings is 1. The van der Waals surface area contributed by atoms with Gasteiger partial charge in [-0.15, -0.1) is 11.3 Å². The van der Waals surface area contributed by atoms with Crippen molar-refractivity contribution in [2.75, 3.05) is 19.5 Å². The number of pyridine rings is 1. The molecular weight excluding hydrogens is 338 g/mol. The number of aromatic nitrogens is 2. The third-order valence-corrected chi connectivity index (χ3v) is 4.32. The third-order valence-electron chi connectivity index (χ3n) is 3.56. The number of methoxy groups -OCH3 is 2. The van der Waals surface area contributed by atoms with Crippen LogP contribution in [0, 0.1) is 6.92 Å². The van der Waals surface area contributed by atoms with Crippen molar-refractivity contribution in [3.8, 4) is 22.9 Å². The van der Waals surface area contributed by atoms with E-state index >= 15 is 0 Å². The first-order valence-corrected chi connectivity index (χ1v) is 8.40. The van der Waals surface area contributed by atoms with Gasteiger partial charge < -0.3 is 9.47 Å². The van der Waals surface area contributed by atoms with E-state index in [4.69, 9.17) is 9.47 Å². The first kappa shape index (κ1) is 16.9. The highest BCUT2D eigenvalue weighted by molar-refractivity contribution is 7.14. The van der Waals surface area contributed by atoms with E-state index < -0.39 is 0 Å². The highest BCUT2D eigenvalue weighted by atomic mass is 32.1. The number of thiazole rings is 1. The molecule has 0 saturated heterocycles. The second-order valence-electron chi connectivity index (χ2n) is 5.28. The number of amides is 1. The number of nitrogens with zero attached hydrogens (tertiary/aromatic N) is 2. The quantitative estimate of drug-likeness (QED) is 0.754. The van der Waals surface area contributed by atoms with E-state index in [-0.39, 0.29) is 5.91 Å². The average Bonchev–Trinajstić information content (AvgIpc) is 3.10. The van der Waals surface area contributed by atoms with Gasteiger partial charge in [0, 0.05) is 23.2 Å². The molecule has 1 amide bonds. The van der Waals surface area contributed by atoms with Crippen molar-refractivity contribution in [1.82, 2.24) is 9.97 Å². The van der Waals surface area contributed by atoms with E-state index in [1.807, 2.05) is 30.5 Å². The molecule has 0 fully saturated rings. The minimum Gasteiger partial charge on any atom is -0.496 e. The van der Waals surface area contributed by atoms with Gasteiger partial charge in [0.25, 0.3) is 5.91 Å². The number of carbonyl (C=O) groups excluding carboxylic acids is 1. The summed E-state index contributed by atoms with van der Waals surface area (Å²) in [5.41, 5.74) is 3.20. The Morgan fingerprint density at radius 2 is 2.00 bits per heavy atom. The fourth-order valence-electron chi connectivity index (χ4n) is 2.28. The lowest BCUT2D eigenvalue weighted by atomic mass is 10.1. The molecule has 6 nitrogen and oxygen atoms in total. The van der Waals surface area contributed by atoms with Crippen molar-refractivity contribution < 1.29 is 14.3 Å². The van der Waals surface area contributed by atoms with E-state index in [1.54, 1.807) is 19.2 Å². The summed E-state index contributed by atoms with van der Waals surface area (Å²) in [6.07, 6.45) is 1.46. The van der Waals surface area contributed by atoms with Crippen molar-refractivity contribution >= 4 is 22.4 Å². The summed E-state index contributed by atoms with van der Waals surface area (Å²) >= 11 is 1.36. The van der Waals surface area contributed by atoms with Crippen molar-refractivity contribution in [1.29, 1.82) is 0 Å². The molecule has 0 aliphatic rings.